The van der Waals surface area contributed by atoms with Gasteiger partial charge in [0.25, 0.3) is 0 Å². The zero-order valence-corrected chi connectivity index (χ0v) is 5.24. The summed E-state index contributed by atoms with van der Waals surface area (Å²) in [6.45, 7) is 1.86. The van der Waals surface area contributed by atoms with Gasteiger partial charge in [0.1, 0.15) is 5.69 Å². The van der Waals surface area contributed by atoms with E-state index in [0.717, 1.165) is 11.4 Å². The first-order valence-electron chi connectivity index (χ1n) is 2.27. The largest absolute Gasteiger partial charge is 0.197 e. The lowest BCUT2D eigenvalue weighted by molar-refractivity contribution is 0.919. The Balaban J connectivity index is 2.92. The molecule has 1 aromatic rings. The van der Waals surface area contributed by atoms with E-state index in [1.54, 1.807) is 0 Å². The number of nitrogens with zero attached hydrogens (tertiary/aromatic N) is 2. The summed E-state index contributed by atoms with van der Waals surface area (Å²) in [5, 5.41) is 10.00. The first-order chi connectivity index (χ1) is 3.84. The summed E-state index contributed by atoms with van der Waals surface area (Å²) in [5.74, 6) is 0.433. The van der Waals surface area contributed by atoms with Crippen LogP contribution in [0, 0.1) is 6.92 Å². The van der Waals surface area contributed by atoms with Crippen LogP contribution in [0.5, 0.6) is 0 Å². The van der Waals surface area contributed by atoms with Gasteiger partial charge in [-0.1, -0.05) is 0 Å². The van der Waals surface area contributed by atoms with Crippen molar-refractivity contribution in [2.75, 3.05) is 0 Å². The molecule has 1 N–H and O–H groups in total. The zero-order chi connectivity index (χ0) is 5.98. The second kappa shape index (κ2) is 2.13. The van der Waals surface area contributed by atoms with Crippen LogP contribution >= 0.6 is 11.6 Å². The van der Waals surface area contributed by atoms with E-state index < -0.39 is 0 Å². The minimum Gasteiger partial charge on any atom is -0.197 e. The van der Waals surface area contributed by atoms with Gasteiger partial charge in [0.05, 0.1) is 11.6 Å². The molecule has 8 heavy (non-hydrogen) atoms. The predicted octanol–water partition coefficient (Wildman–Crippen LogP) is 0.852. The van der Waals surface area contributed by atoms with Gasteiger partial charge in [-0.3, -0.25) is 0 Å². The molecule has 1 rings (SSSR count). The highest BCUT2D eigenvalue weighted by Crippen LogP contribution is 2.00. The summed E-state index contributed by atoms with van der Waals surface area (Å²) in [4.78, 5) is 0. The fourth-order valence-corrected chi connectivity index (χ4v) is 0.686. The molecule has 0 saturated carbocycles. The molecule has 0 spiro atoms. The van der Waals surface area contributed by atoms with E-state index in [2.05, 4.69) is 15.4 Å². The van der Waals surface area contributed by atoms with Gasteiger partial charge in [-0.25, -0.2) is 0 Å². The highest BCUT2D eigenvalue weighted by atomic mass is 35.5. The average Bonchev–Trinajstić information content (AvgIpc) is 2.14. The highest BCUT2D eigenvalue weighted by Gasteiger charge is 1.97. The molecular formula is C4H6ClN3. The number of alkyl halides is 1. The van der Waals surface area contributed by atoms with Crippen molar-refractivity contribution in [3.63, 3.8) is 0 Å². The molecule has 0 amide bonds. The molecule has 3 nitrogen and oxygen atoms in total. The van der Waals surface area contributed by atoms with Crippen LogP contribution in [0.3, 0.4) is 0 Å². The van der Waals surface area contributed by atoms with Gasteiger partial charge in [-0.05, 0) is 6.92 Å². The Kier molecular flexibility index (Phi) is 1.48. The summed E-state index contributed by atoms with van der Waals surface area (Å²) in [7, 11) is 0. The van der Waals surface area contributed by atoms with Gasteiger partial charge in [0.15, 0.2) is 0 Å². The van der Waals surface area contributed by atoms with E-state index in [0.29, 0.717) is 5.88 Å². The lowest BCUT2D eigenvalue weighted by Crippen LogP contribution is -1.79. The molecular weight excluding hydrogens is 126 g/mol. The quantitative estimate of drug-likeness (QED) is 0.575. The van der Waals surface area contributed by atoms with Crippen molar-refractivity contribution in [3.8, 4) is 0 Å². The topological polar surface area (TPSA) is 41.6 Å². The Morgan fingerprint density at radius 1 is 1.62 bits per heavy atom. The van der Waals surface area contributed by atoms with E-state index in [1.165, 1.54) is 0 Å². The molecule has 0 aliphatic heterocycles. The number of rotatable bonds is 1. The smallest absolute Gasteiger partial charge is 0.100 e. The van der Waals surface area contributed by atoms with E-state index in [4.69, 9.17) is 11.6 Å². The van der Waals surface area contributed by atoms with Crippen molar-refractivity contribution >= 4 is 11.6 Å². The molecule has 0 fully saturated rings. The Morgan fingerprint density at radius 3 is 2.62 bits per heavy atom. The number of aryl methyl sites for hydroxylation is 1. The standard InChI is InChI=1S/C4H6ClN3/c1-3-4(2-5)7-8-6-3/h2H2,1H3,(H,6,7,8). The first kappa shape index (κ1) is 5.56. The SMILES string of the molecule is Cc1n[nH]nc1CCl. The number of aromatic amines is 1. The number of H-pyrrole nitrogens is 1. The Bertz CT molecular complexity index is 172. The number of halogens is 1. The van der Waals surface area contributed by atoms with Crippen molar-refractivity contribution in [2.24, 2.45) is 0 Å². The maximum absolute atomic E-state index is 5.45. The molecule has 0 saturated heterocycles. The van der Waals surface area contributed by atoms with Crippen LogP contribution in [0.4, 0.5) is 0 Å². The fraction of sp³-hybridized carbons (Fsp3) is 0.500. The van der Waals surface area contributed by atoms with E-state index in [9.17, 15) is 0 Å². The monoisotopic (exact) mass is 131 g/mol. The maximum atomic E-state index is 5.45. The maximum Gasteiger partial charge on any atom is 0.100 e. The number of hydrogen-bond donors (Lipinski definition) is 1. The van der Waals surface area contributed by atoms with Gasteiger partial charge in [0.2, 0.25) is 0 Å². The summed E-state index contributed by atoms with van der Waals surface area (Å²) in [6.07, 6.45) is 0. The third-order valence-corrected chi connectivity index (χ3v) is 1.20. The molecule has 0 bridgehead atoms. The van der Waals surface area contributed by atoms with Crippen LogP contribution in [0.1, 0.15) is 11.4 Å². The average molecular weight is 132 g/mol. The molecule has 0 aliphatic rings. The van der Waals surface area contributed by atoms with E-state index in [-0.39, 0.29) is 0 Å². The van der Waals surface area contributed by atoms with E-state index in [1.807, 2.05) is 6.92 Å². The molecule has 1 heterocycles. The lowest BCUT2D eigenvalue weighted by Gasteiger charge is -1.81. The molecule has 4 heteroatoms. The number of aromatic nitrogens is 3. The number of nitrogens with one attached hydrogen (secondary N) is 1. The van der Waals surface area contributed by atoms with Gasteiger partial charge < -0.3 is 0 Å². The highest BCUT2D eigenvalue weighted by molar-refractivity contribution is 6.16. The molecule has 0 aliphatic carbocycles. The minimum absolute atomic E-state index is 0.433. The normalized spacial score (nSPS) is 9.75. The predicted molar refractivity (Wildman–Crippen MR) is 30.7 cm³/mol. The Labute approximate surface area is 52.0 Å². The van der Waals surface area contributed by atoms with Crippen molar-refractivity contribution in [1.82, 2.24) is 15.4 Å². The third-order valence-electron chi connectivity index (χ3n) is 0.947. The van der Waals surface area contributed by atoms with Crippen LogP contribution in [-0.4, -0.2) is 15.4 Å². The van der Waals surface area contributed by atoms with Crippen LogP contribution in [0.2, 0.25) is 0 Å². The molecule has 44 valence electrons. The Hall–Kier alpha value is -0.570. The van der Waals surface area contributed by atoms with Crippen molar-refractivity contribution in [1.29, 1.82) is 0 Å². The van der Waals surface area contributed by atoms with Crippen molar-refractivity contribution in [2.45, 2.75) is 12.8 Å². The second-order valence-corrected chi connectivity index (χ2v) is 1.76. The van der Waals surface area contributed by atoms with Crippen molar-refractivity contribution < 1.29 is 0 Å². The first-order valence-corrected chi connectivity index (χ1v) is 2.80. The number of hydrogen-bond acceptors (Lipinski definition) is 2. The van der Waals surface area contributed by atoms with Crippen molar-refractivity contribution in [3.05, 3.63) is 11.4 Å². The molecule has 0 aromatic carbocycles. The van der Waals surface area contributed by atoms with Crippen LogP contribution in [0.25, 0.3) is 0 Å². The summed E-state index contributed by atoms with van der Waals surface area (Å²) in [5.41, 5.74) is 1.70. The van der Waals surface area contributed by atoms with Crippen LogP contribution in [0.15, 0.2) is 0 Å². The van der Waals surface area contributed by atoms with Gasteiger partial charge >= 0.3 is 0 Å². The molecule has 0 unspecified atom stereocenters. The van der Waals surface area contributed by atoms with Gasteiger partial charge in [0, 0.05) is 0 Å². The van der Waals surface area contributed by atoms with Gasteiger partial charge in [-0.2, -0.15) is 15.4 Å². The van der Waals surface area contributed by atoms with E-state index >= 15 is 0 Å². The second-order valence-electron chi connectivity index (χ2n) is 1.49. The van der Waals surface area contributed by atoms with Crippen LogP contribution < -0.4 is 0 Å². The summed E-state index contributed by atoms with van der Waals surface area (Å²) >= 11 is 5.45. The zero-order valence-electron chi connectivity index (χ0n) is 4.48. The Morgan fingerprint density at radius 2 is 2.38 bits per heavy atom. The van der Waals surface area contributed by atoms with Crippen LogP contribution in [-0.2, 0) is 5.88 Å². The molecule has 0 radical (unpaired) electrons. The minimum atomic E-state index is 0.433. The fourth-order valence-electron chi connectivity index (χ4n) is 0.432. The molecule has 0 atom stereocenters. The molecule has 1 aromatic heterocycles. The lowest BCUT2D eigenvalue weighted by atomic mass is 10.4. The summed E-state index contributed by atoms with van der Waals surface area (Å²) in [6, 6.07) is 0. The summed E-state index contributed by atoms with van der Waals surface area (Å²) < 4.78 is 0. The van der Waals surface area contributed by atoms with Gasteiger partial charge in [-0.15, -0.1) is 11.6 Å². The third kappa shape index (κ3) is 0.816.